The molecule has 1 aromatic rings. The fourth-order valence-corrected chi connectivity index (χ4v) is 3.09. The largest absolute Gasteiger partial charge is 0.207 e. The molecule has 0 radical (unpaired) electrons. The lowest BCUT2D eigenvalue weighted by Crippen LogP contribution is -2.41. The predicted octanol–water partition coefficient (Wildman–Crippen LogP) is 4.80. The van der Waals surface area contributed by atoms with Crippen molar-refractivity contribution in [3.63, 3.8) is 0 Å². The normalized spacial score (nSPS) is 24.2. The maximum atomic E-state index is 14.4. The molecule has 1 aliphatic carbocycles. The number of halogens is 1. The van der Waals surface area contributed by atoms with Gasteiger partial charge >= 0.3 is 0 Å². The number of benzene rings is 1. The van der Waals surface area contributed by atoms with Crippen LogP contribution in [-0.4, -0.2) is 0 Å². The molecule has 100 valence electrons. The Morgan fingerprint density at radius 2 is 1.95 bits per heavy atom. The van der Waals surface area contributed by atoms with Gasteiger partial charge in [-0.3, -0.25) is 0 Å². The van der Waals surface area contributed by atoms with Crippen molar-refractivity contribution in [1.82, 2.24) is 0 Å². The van der Waals surface area contributed by atoms with E-state index < -0.39 is 0 Å². The summed E-state index contributed by atoms with van der Waals surface area (Å²) in [4.78, 5) is 0. The van der Waals surface area contributed by atoms with E-state index in [1.54, 1.807) is 6.07 Å². The van der Waals surface area contributed by atoms with E-state index in [2.05, 4.69) is 40.2 Å². The molecule has 1 heteroatoms. The first kappa shape index (κ1) is 13.9. The molecule has 2 rings (SSSR count). The summed E-state index contributed by atoms with van der Waals surface area (Å²) >= 11 is 0. The second-order valence-corrected chi connectivity index (χ2v) is 6.54. The van der Waals surface area contributed by atoms with Crippen LogP contribution in [0.4, 0.5) is 4.39 Å². The molecular formula is C18H21F. The van der Waals surface area contributed by atoms with Gasteiger partial charge in [-0.1, -0.05) is 46.4 Å². The molecule has 1 unspecified atom stereocenters. The van der Waals surface area contributed by atoms with Crippen LogP contribution in [0.15, 0.2) is 24.8 Å². The zero-order valence-electron chi connectivity index (χ0n) is 12.2. The first-order chi connectivity index (χ1) is 8.73. The standard InChI is InChI=1S/C18H21F/c1-7-13-11-12(2)14-9-8-10-15(19)16(14)18(5,6)17(13,3)4/h1,8-10,13H,2,11H2,3-6H3. The Hall–Kier alpha value is -1.55. The third kappa shape index (κ3) is 1.82. The van der Waals surface area contributed by atoms with E-state index in [1.807, 2.05) is 6.07 Å². The number of allylic oxidation sites excluding steroid dienone is 1. The summed E-state index contributed by atoms with van der Waals surface area (Å²) in [6, 6.07) is 5.23. The van der Waals surface area contributed by atoms with Gasteiger partial charge in [0.25, 0.3) is 0 Å². The van der Waals surface area contributed by atoms with Crippen LogP contribution in [0.3, 0.4) is 0 Å². The summed E-state index contributed by atoms with van der Waals surface area (Å²) in [5.41, 5.74) is 2.08. The van der Waals surface area contributed by atoms with Crippen molar-refractivity contribution >= 4 is 5.57 Å². The summed E-state index contributed by atoms with van der Waals surface area (Å²) in [5, 5.41) is 0. The van der Waals surface area contributed by atoms with Gasteiger partial charge in [-0.2, -0.15) is 0 Å². The molecule has 1 aromatic carbocycles. The summed E-state index contributed by atoms with van der Waals surface area (Å²) < 4.78 is 14.4. The molecule has 0 saturated carbocycles. The highest BCUT2D eigenvalue weighted by molar-refractivity contribution is 5.70. The minimum absolute atomic E-state index is 0.0572. The third-order valence-electron chi connectivity index (χ3n) is 5.15. The number of hydrogen-bond acceptors (Lipinski definition) is 0. The molecule has 0 saturated heterocycles. The first-order valence-electron chi connectivity index (χ1n) is 6.66. The fourth-order valence-electron chi connectivity index (χ4n) is 3.09. The molecule has 19 heavy (non-hydrogen) atoms. The first-order valence-corrected chi connectivity index (χ1v) is 6.66. The number of terminal acetylenes is 1. The van der Waals surface area contributed by atoms with Crippen LogP contribution in [-0.2, 0) is 5.41 Å². The summed E-state index contributed by atoms with van der Waals surface area (Å²) in [6.07, 6.45) is 6.45. The lowest BCUT2D eigenvalue weighted by Gasteiger charge is -2.44. The number of rotatable bonds is 0. The Balaban J connectivity index is 2.80. The molecule has 0 aromatic heterocycles. The SMILES string of the molecule is C#CC1CC(=C)c2cccc(F)c2C(C)(C)C1(C)C. The van der Waals surface area contributed by atoms with Crippen molar-refractivity contribution in [1.29, 1.82) is 0 Å². The van der Waals surface area contributed by atoms with E-state index in [9.17, 15) is 4.39 Å². The minimum Gasteiger partial charge on any atom is -0.207 e. The average Bonchev–Trinajstić information content (AvgIpc) is 2.38. The van der Waals surface area contributed by atoms with Crippen LogP contribution in [0.5, 0.6) is 0 Å². The number of hydrogen-bond donors (Lipinski definition) is 0. The zero-order chi connectivity index (χ0) is 14.4. The summed E-state index contributed by atoms with van der Waals surface area (Å²) in [7, 11) is 0. The van der Waals surface area contributed by atoms with Crippen LogP contribution in [0.25, 0.3) is 5.57 Å². The van der Waals surface area contributed by atoms with Gasteiger partial charge in [0.1, 0.15) is 5.82 Å². The Morgan fingerprint density at radius 3 is 2.53 bits per heavy atom. The quantitative estimate of drug-likeness (QED) is 0.462. The predicted molar refractivity (Wildman–Crippen MR) is 79.2 cm³/mol. The average molecular weight is 256 g/mol. The molecular weight excluding hydrogens is 235 g/mol. The van der Waals surface area contributed by atoms with Gasteiger partial charge in [0.05, 0.1) is 0 Å². The smallest absolute Gasteiger partial charge is 0.127 e. The van der Waals surface area contributed by atoms with Crippen LogP contribution in [0.2, 0.25) is 0 Å². The monoisotopic (exact) mass is 256 g/mol. The Bertz CT molecular complexity index is 570. The summed E-state index contributed by atoms with van der Waals surface area (Å²) in [5.74, 6) is 2.79. The van der Waals surface area contributed by atoms with Crippen molar-refractivity contribution in [2.45, 2.75) is 39.5 Å². The van der Waals surface area contributed by atoms with Crippen LogP contribution >= 0.6 is 0 Å². The van der Waals surface area contributed by atoms with E-state index in [-0.39, 0.29) is 22.6 Å². The third-order valence-corrected chi connectivity index (χ3v) is 5.15. The molecule has 0 N–H and O–H groups in total. The second-order valence-electron chi connectivity index (χ2n) is 6.54. The van der Waals surface area contributed by atoms with Crippen molar-refractivity contribution in [3.05, 3.63) is 41.7 Å². The van der Waals surface area contributed by atoms with Gasteiger partial charge in [0.15, 0.2) is 0 Å². The van der Waals surface area contributed by atoms with E-state index in [4.69, 9.17) is 6.42 Å². The molecule has 0 amide bonds. The molecule has 0 aliphatic heterocycles. The summed E-state index contributed by atoms with van der Waals surface area (Å²) in [6.45, 7) is 12.5. The Morgan fingerprint density at radius 1 is 1.32 bits per heavy atom. The van der Waals surface area contributed by atoms with E-state index in [0.29, 0.717) is 0 Å². The van der Waals surface area contributed by atoms with Gasteiger partial charge in [-0.25, -0.2) is 4.39 Å². The maximum absolute atomic E-state index is 14.4. The maximum Gasteiger partial charge on any atom is 0.127 e. The lowest BCUT2D eigenvalue weighted by molar-refractivity contribution is 0.140. The lowest BCUT2D eigenvalue weighted by atomic mass is 9.59. The highest BCUT2D eigenvalue weighted by Gasteiger charge is 2.48. The Labute approximate surface area is 115 Å². The highest BCUT2D eigenvalue weighted by atomic mass is 19.1. The van der Waals surface area contributed by atoms with Crippen molar-refractivity contribution in [2.75, 3.05) is 0 Å². The van der Waals surface area contributed by atoms with Gasteiger partial charge in [-0.15, -0.1) is 12.3 Å². The van der Waals surface area contributed by atoms with E-state index in [0.717, 1.165) is 23.1 Å². The Kier molecular flexibility index (Phi) is 3.09. The van der Waals surface area contributed by atoms with Crippen molar-refractivity contribution in [3.8, 4) is 12.3 Å². The second kappa shape index (κ2) is 4.23. The molecule has 0 fully saturated rings. The van der Waals surface area contributed by atoms with E-state index >= 15 is 0 Å². The van der Waals surface area contributed by atoms with Gasteiger partial charge < -0.3 is 0 Å². The van der Waals surface area contributed by atoms with Crippen molar-refractivity contribution in [2.24, 2.45) is 11.3 Å². The topological polar surface area (TPSA) is 0 Å². The highest BCUT2D eigenvalue weighted by Crippen LogP contribution is 2.53. The van der Waals surface area contributed by atoms with Gasteiger partial charge in [0.2, 0.25) is 0 Å². The van der Waals surface area contributed by atoms with Crippen LogP contribution in [0.1, 0.15) is 45.2 Å². The zero-order valence-corrected chi connectivity index (χ0v) is 12.2. The van der Waals surface area contributed by atoms with Gasteiger partial charge in [-0.05, 0) is 34.5 Å². The molecule has 0 bridgehead atoms. The van der Waals surface area contributed by atoms with Gasteiger partial charge in [0, 0.05) is 11.5 Å². The number of fused-ring (bicyclic) bond motifs is 1. The molecule has 1 aliphatic rings. The molecule has 0 heterocycles. The van der Waals surface area contributed by atoms with Crippen LogP contribution in [0, 0.1) is 29.5 Å². The molecule has 1 atom stereocenters. The van der Waals surface area contributed by atoms with E-state index in [1.165, 1.54) is 6.07 Å². The fraction of sp³-hybridized carbons (Fsp3) is 0.444. The molecule has 0 nitrogen and oxygen atoms in total. The van der Waals surface area contributed by atoms with Crippen LogP contribution < -0.4 is 0 Å². The minimum atomic E-state index is -0.343. The van der Waals surface area contributed by atoms with Crippen molar-refractivity contribution < 1.29 is 4.39 Å². The molecule has 0 spiro atoms.